The van der Waals surface area contributed by atoms with E-state index in [1.165, 1.54) is 11.1 Å². The Hall–Kier alpha value is -2.98. The Labute approximate surface area is 241 Å². The highest BCUT2D eigenvalue weighted by atomic mass is 16.6. The predicted octanol–water partition coefficient (Wildman–Crippen LogP) is 4.75. The Bertz CT molecular complexity index is 1420. The van der Waals surface area contributed by atoms with Gasteiger partial charge in [0.2, 0.25) is 0 Å². The number of nitrogens with one attached hydrogen (secondary N) is 1. The van der Waals surface area contributed by atoms with Gasteiger partial charge in [-0.05, 0) is 74.1 Å². The second-order valence-electron chi connectivity index (χ2n) is 12.9. The van der Waals surface area contributed by atoms with E-state index in [2.05, 4.69) is 40.0 Å². The van der Waals surface area contributed by atoms with E-state index < -0.39 is 11.2 Å². The molecule has 6 rings (SSSR count). The highest BCUT2D eigenvalue weighted by Gasteiger charge is 2.37. The van der Waals surface area contributed by atoms with Crippen LogP contribution in [0, 0.1) is 6.92 Å². The molecule has 3 aliphatic rings. The van der Waals surface area contributed by atoms with Crippen LogP contribution in [0.5, 0.6) is 0 Å². The van der Waals surface area contributed by atoms with E-state index in [-0.39, 0.29) is 12.1 Å². The maximum absolute atomic E-state index is 13.4. The summed E-state index contributed by atoms with van der Waals surface area (Å²) in [5.41, 5.74) is 6.41. The van der Waals surface area contributed by atoms with Gasteiger partial charge in [0.15, 0.2) is 0 Å². The molecule has 2 fully saturated rings. The molecule has 0 aliphatic carbocycles. The van der Waals surface area contributed by atoms with Crippen LogP contribution in [0.25, 0.3) is 22.2 Å². The monoisotopic (exact) mass is 562 g/mol. The maximum atomic E-state index is 13.4. The second kappa shape index (κ2) is 11.0. The van der Waals surface area contributed by atoms with Crippen LogP contribution in [-0.2, 0) is 27.2 Å². The summed E-state index contributed by atoms with van der Waals surface area (Å²) in [5, 5.41) is 12.4. The van der Waals surface area contributed by atoms with E-state index in [1.54, 1.807) is 0 Å². The van der Waals surface area contributed by atoms with Crippen molar-refractivity contribution >= 4 is 17.1 Å². The van der Waals surface area contributed by atoms with Crippen molar-refractivity contribution in [2.45, 2.75) is 70.7 Å². The number of amides is 1. The van der Waals surface area contributed by atoms with Crippen molar-refractivity contribution in [3.63, 3.8) is 0 Å². The van der Waals surface area contributed by atoms with E-state index in [9.17, 15) is 9.90 Å². The van der Waals surface area contributed by atoms with Crippen LogP contribution < -0.4 is 0 Å². The van der Waals surface area contributed by atoms with Gasteiger partial charge >= 0.3 is 6.09 Å². The lowest BCUT2D eigenvalue weighted by molar-refractivity contribution is -0.0816. The fourth-order valence-electron chi connectivity index (χ4n) is 6.37. The molecule has 5 heterocycles. The topological polar surface area (TPSA) is 100 Å². The van der Waals surface area contributed by atoms with Crippen LogP contribution in [0.15, 0.2) is 30.6 Å². The number of H-pyrrole nitrogens is 1. The van der Waals surface area contributed by atoms with E-state index >= 15 is 0 Å². The van der Waals surface area contributed by atoms with Gasteiger partial charge in [-0.25, -0.2) is 9.78 Å². The van der Waals surface area contributed by atoms with Crippen molar-refractivity contribution in [3.8, 4) is 11.1 Å². The normalized spacial score (nSPS) is 21.6. The number of fused-ring (bicyclic) bond motifs is 2. The van der Waals surface area contributed by atoms with Crippen LogP contribution >= 0.6 is 0 Å². The average molecular weight is 563 g/mol. The van der Waals surface area contributed by atoms with Gasteiger partial charge in [0.25, 0.3) is 0 Å². The van der Waals surface area contributed by atoms with Crippen molar-refractivity contribution in [1.29, 1.82) is 0 Å². The number of benzene rings is 1. The zero-order valence-electron chi connectivity index (χ0n) is 24.7. The molecule has 0 bridgehead atoms. The first-order valence-electron chi connectivity index (χ1n) is 14.8. The Morgan fingerprint density at radius 2 is 1.95 bits per heavy atom. The Morgan fingerprint density at radius 3 is 2.73 bits per heavy atom. The van der Waals surface area contributed by atoms with Gasteiger partial charge in [0.05, 0.1) is 24.9 Å². The molecule has 3 aliphatic heterocycles. The number of aryl methyl sites for hydroxylation is 1. The predicted molar refractivity (Wildman–Crippen MR) is 157 cm³/mol. The number of aromatic nitrogens is 2. The number of rotatable bonds is 4. The minimum atomic E-state index is -0.734. The van der Waals surface area contributed by atoms with Crippen molar-refractivity contribution < 1.29 is 24.1 Å². The number of ether oxygens (including phenoxy) is 3. The SMILES string of the molecule is Cc1c[nH]c2ncc(-c3cc4c(c(C5COCCN5C(=O)OC(C)(C)C)c3)CN(CC3(O)CCOCC3)CC4)cc12. The fourth-order valence-corrected chi connectivity index (χ4v) is 6.37. The van der Waals surface area contributed by atoms with Crippen LogP contribution in [0.1, 0.15) is 61.9 Å². The number of β-amino-alcohol motifs (C(OH)–C–C–N with tert-alkyl or cyclic N) is 1. The molecule has 1 atom stereocenters. The number of aliphatic hydroxyl groups is 1. The number of pyridine rings is 1. The highest BCUT2D eigenvalue weighted by Crippen LogP contribution is 2.38. The summed E-state index contributed by atoms with van der Waals surface area (Å²) in [5.74, 6) is 0. The smallest absolute Gasteiger partial charge is 0.410 e. The van der Waals surface area contributed by atoms with Gasteiger partial charge in [0.1, 0.15) is 11.2 Å². The minimum Gasteiger partial charge on any atom is -0.444 e. The van der Waals surface area contributed by atoms with Gasteiger partial charge in [-0.1, -0.05) is 6.07 Å². The molecule has 220 valence electrons. The number of nitrogens with zero attached hydrogens (tertiary/aromatic N) is 3. The first kappa shape index (κ1) is 28.2. The summed E-state index contributed by atoms with van der Waals surface area (Å²) >= 11 is 0. The first-order chi connectivity index (χ1) is 19.6. The number of carbonyl (C=O) groups is 1. The van der Waals surface area contributed by atoms with E-state index in [0.29, 0.717) is 58.9 Å². The molecule has 0 radical (unpaired) electrons. The molecular weight excluding hydrogens is 520 g/mol. The zero-order chi connectivity index (χ0) is 28.8. The molecule has 1 aromatic carbocycles. The third-order valence-corrected chi connectivity index (χ3v) is 8.58. The number of morpholine rings is 1. The number of hydrogen-bond donors (Lipinski definition) is 2. The molecule has 9 nitrogen and oxygen atoms in total. The number of hydrogen-bond acceptors (Lipinski definition) is 7. The highest BCUT2D eigenvalue weighted by molar-refractivity contribution is 5.84. The van der Waals surface area contributed by atoms with E-state index in [1.807, 2.05) is 38.1 Å². The third kappa shape index (κ3) is 6.00. The van der Waals surface area contributed by atoms with Gasteiger partial charge < -0.3 is 24.3 Å². The lowest BCUT2D eigenvalue weighted by atomic mass is 9.86. The largest absolute Gasteiger partial charge is 0.444 e. The molecule has 2 saturated heterocycles. The summed E-state index contributed by atoms with van der Waals surface area (Å²) in [4.78, 5) is 25.5. The van der Waals surface area contributed by atoms with Crippen LogP contribution in [0.2, 0.25) is 0 Å². The molecule has 0 spiro atoms. The standard InChI is InChI=1S/C32H42N4O5/c1-21-16-33-29-25(21)15-24(17-34-29)23-13-22-5-8-35(20-32(38)6-10-39-11-7-32)18-27(22)26(14-23)28-19-40-12-9-36(28)30(37)41-31(2,3)4/h13-17,28,38H,5-12,18-20H2,1-4H3,(H,33,34). The van der Waals surface area contributed by atoms with Gasteiger partial charge in [-0.3, -0.25) is 9.80 Å². The van der Waals surface area contributed by atoms with Crippen LogP contribution in [-0.4, -0.2) is 88.2 Å². The van der Waals surface area contributed by atoms with Gasteiger partial charge in [-0.15, -0.1) is 0 Å². The van der Waals surface area contributed by atoms with Gasteiger partial charge in [0, 0.05) is 75.6 Å². The lowest BCUT2D eigenvalue weighted by Gasteiger charge is -2.41. The molecule has 2 aromatic heterocycles. The van der Waals surface area contributed by atoms with Crippen LogP contribution in [0.3, 0.4) is 0 Å². The van der Waals surface area contributed by atoms with Crippen molar-refractivity contribution in [1.82, 2.24) is 19.8 Å². The first-order valence-corrected chi connectivity index (χ1v) is 14.8. The average Bonchev–Trinajstić information content (AvgIpc) is 3.31. The van der Waals surface area contributed by atoms with E-state index in [4.69, 9.17) is 14.2 Å². The minimum absolute atomic E-state index is 0.274. The summed E-state index contributed by atoms with van der Waals surface area (Å²) in [6.07, 6.45) is 5.75. The van der Waals surface area contributed by atoms with Crippen molar-refractivity contribution in [2.24, 2.45) is 0 Å². The zero-order valence-corrected chi connectivity index (χ0v) is 24.7. The Morgan fingerprint density at radius 1 is 1.15 bits per heavy atom. The molecule has 1 amide bonds. The number of carbonyl (C=O) groups excluding carboxylic acids is 1. The quantitative estimate of drug-likeness (QED) is 0.474. The van der Waals surface area contributed by atoms with Crippen molar-refractivity contribution in [3.05, 3.63) is 52.8 Å². The molecule has 2 N–H and O–H groups in total. The molecular formula is C32H42N4O5. The Kier molecular flexibility index (Phi) is 7.57. The fraction of sp³-hybridized carbons (Fsp3) is 0.562. The molecule has 1 unspecified atom stereocenters. The third-order valence-electron chi connectivity index (χ3n) is 8.58. The van der Waals surface area contributed by atoms with Crippen molar-refractivity contribution in [2.75, 3.05) is 46.1 Å². The lowest BCUT2D eigenvalue weighted by Crippen LogP contribution is -2.49. The molecule has 9 heteroatoms. The number of aromatic amines is 1. The molecule has 0 saturated carbocycles. The Balaban J connectivity index is 1.40. The summed E-state index contributed by atoms with van der Waals surface area (Å²) in [6.45, 7) is 12.5. The summed E-state index contributed by atoms with van der Waals surface area (Å²) < 4.78 is 17.3. The van der Waals surface area contributed by atoms with Gasteiger partial charge in [-0.2, -0.15) is 0 Å². The second-order valence-corrected chi connectivity index (χ2v) is 12.9. The molecule has 41 heavy (non-hydrogen) atoms. The summed E-state index contributed by atoms with van der Waals surface area (Å²) in [7, 11) is 0. The molecule has 3 aromatic rings. The maximum Gasteiger partial charge on any atom is 0.410 e. The van der Waals surface area contributed by atoms with E-state index in [0.717, 1.165) is 46.3 Å². The van der Waals surface area contributed by atoms with Crippen LogP contribution in [0.4, 0.5) is 4.79 Å². The summed E-state index contributed by atoms with van der Waals surface area (Å²) in [6, 6.07) is 6.42.